The first-order valence-electron chi connectivity index (χ1n) is 6.56. The Hall–Kier alpha value is -2.40. The minimum Gasteiger partial charge on any atom is -0.343 e. The molecule has 2 heterocycles. The Morgan fingerprint density at radius 3 is 2.71 bits per heavy atom. The molecule has 2 aromatic heterocycles. The Morgan fingerprint density at radius 2 is 2.00 bits per heavy atom. The van der Waals surface area contributed by atoms with Gasteiger partial charge in [0, 0.05) is 17.3 Å². The summed E-state index contributed by atoms with van der Waals surface area (Å²) in [5.74, 6) is -0.162. The second-order valence-corrected chi connectivity index (χ2v) is 4.93. The van der Waals surface area contributed by atoms with Gasteiger partial charge in [-0.2, -0.15) is 0 Å². The molecule has 5 nitrogen and oxygen atoms in total. The summed E-state index contributed by atoms with van der Waals surface area (Å²) in [6.45, 7) is 2.46. The first kappa shape index (κ1) is 13.6. The number of fused-ring (bicyclic) bond motifs is 1. The van der Waals surface area contributed by atoms with Crippen molar-refractivity contribution in [3.05, 3.63) is 53.4 Å². The van der Waals surface area contributed by atoms with Gasteiger partial charge < -0.3 is 9.88 Å². The van der Waals surface area contributed by atoms with Crippen LogP contribution in [0.15, 0.2) is 42.7 Å². The van der Waals surface area contributed by atoms with Crippen LogP contribution in [0.4, 0.5) is 5.69 Å². The van der Waals surface area contributed by atoms with Crippen molar-refractivity contribution < 1.29 is 4.79 Å². The van der Waals surface area contributed by atoms with Crippen LogP contribution in [0.1, 0.15) is 17.4 Å². The summed E-state index contributed by atoms with van der Waals surface area (Å²) in [5, 5.41) is 0.637. The molecule has 0 aliphatic carbocycles. The van der Waals surface area contributed by atoms with Crippen LogP contribution in [0.5, 0.6) is 0 Å². The summed E-state index contributed by atoms with van der Waals surface area (Å²) in [6, 6.07) is 10.7. The van der Waals surface area contributed by atoms with Gasteiger partial charge in [-0.1, -0.05) is 11.6 Å². The highest BCUT2D eigenvalue weighted by atomic mass is 35.5. The average Bonchev–Trinajstić information content (AvgIpc) is 2.97. The van der Waals surface area contributed by atoms with Crippen molar-refractivity contribution in [1.82, 2.24) is 15.0 Å². The van der Waals surface area contributed by atoms with Gasteiger partial charge in [-0.05, 0) is 43.3 Å². The highest BCUT2D eigenvalue weighted by molar-refractivity contribution is 6.30. The molecule has 0 atom stereocenters. The third-order valence-electron chi connectivity index (χ3n) is 3.20. The zero-order valence-corrected chi connectivity index (χ0v) is 12.1. The van der Waals surface area contributed by atoms with E-state index in [1.165, 1.54) is 0 Å². The molecule has 0 spiro atoms. The number of rotatable bonds is 3. The Balaban J connectivity index is 1.95. The predicted octanol–water partition coefficient (Wildman–Crippen LogP) is 3.28. The molecule has 1 amide bonds. The van der Waals surface area contributed by atoms with Crippen LogP contribution in [0, 0.1) is 0 Å². The third kappa shape index (κ3) is 2.60. The number of benzene rings is 1. The Bertz CT molecular complexity index is 782. The van der Waals surface area contributed by atoms with Gasteiger partial charge in [-0.25, -0.2) is 9.97 Å². The zero-order valence-electron chi connectivity index (χ0n) is 11.4. The lowest BCUT2D eigenvalue weighted by atomic mass is 10.2. The number of hydrogen-bond acceptors (Lipinski definition) is 3. The van der Waals surface area contributed by atoms with E-state index < -0.39 is 0 Å². The lowest BCUT2D eigenvalue weighted by Crippen LogP contribution is -2.31. The first-order chi connectivity index (χ1) is 10.2. The van der Waals surface area contributed by atoms with Gasteiger partial charge in [0.1, 0.15) is 5.69 Å². The van der Waals surface area contributed by atoms with Gasteiger partial charge in [0.15, 0.2) is 5.65 Å². The molecule has 106 valence electrons. The van der Waals surface area contributed by atoms with Gasteiger partial charge in [-0.15, -0.1) is 0 Å². The molecule has 0 aliphatic heterocycles. The van der Waals surface area contributed by atoms with Crippen molar-refractivity contribution >= 4 is 34.4 Å². The van der Waals surface area contributed by atoms with Crippen LogP contribution in [0.2, 0.25) is 5.02 Å². The standard InChI is InChI=1S/C15H13ClN4O/c1-2-20(11-5-3-10(16)4-6-11)15(21)13-8-7-12-14(19-13)18-9-17-12/h3-9H,2H2,1H3,(H,17,18,19). The van der Waals surface area contributed by atoms with Gasteiger partial charge in [0.05, 0.1) is 11.8 Å². The minimum atomic E-state index is -0.162. The fourth-order valence-electron chi connectivity index (χ4n) is 2.14. The summed E-state index contributed by atoms with van der Waals surface area (Å²) in [5.41, 5.74) is 2.50. The molecule has 1 N–H and O–H groups in total. The molecular weight excluding hydrogens is 288 g/mol. The number of nitrogens with one attached hydrogen (secondary N) is 1. The van der Waals surface area contributed by atoms with Gasteiger partial charge in [-0.3, -0.25) is 4.79 Å². The second kappa shape index (κ2) is 5.54. The average molecular weight is 301 g/mol. The van der Waals surface area contributed by atoms with Crippen molar-refractivity contribution in [1.29, 1.82) is 0 Å². The second-order valence-electron chi connectivity index (χ2n) is 4.50. The normalized spacial score (nSPS) is 10.8. The zero-order chi connectivity index (χ0) is 14.8. The summed E-state index contributed by atoms with van der Waals surface area (Å²) >= 11 is 5.88. The van der Waals surface area contributed by atoms with Crippen molar-refractivity contribution in [2.24, 2.45) is 0 Å². The number of H-pyrrole nitrogens is 1. The van der Waals surface area contributed by atoms with E-state index in [1.54, 1.807) is 35.5 Å². The van der Waals surface area contributed by atoms with Crippen LogP contribution >= 0.6 is 11.6 Å². The van der Waals surface area contributed by atoms with Crippen LogP contribution in [0.25, 0.3) is 11.2 Å². The molecule has 3 aromatic rings. The van der Waals surface area contributed by atoms with Gasteiger partial charge in [0.2, 0.25) is 0 Å². The molecule has 0 bridgehead atoms. The molecular formula is C15H13ClN4O. The van der Waals surface area contributed by atoms with E-state index in [4.69, 9.17) is 11.6 Å². The van der Waals surface area contributed by atoms with E-state index in [0.717, 1.165) is 11.2 Å². The molecule has 0 saturated carbocycles. The van der Waals surface area contributed by atoms with E-state index in [2.05, 4.69) is 15.0 Å². The molecule has 21 heavy (non-hydrogen) atoms. The number of aromatic amines is 1. The van der Waals surface area contributed by atoms with Crippen molar-refractivity contribution in [2.45, 2.75) is 6.92 Å². The largest absolute Gasteiger partial charge is 0.343 e. The van der Waals surface area contributed by atoms with Crippen LogP contribution < -0.4 is 4.90 Å². The summed E-state index contributed by atoms with van der Waals surface area (Å²) in [7, 11) is 0. The maximum Gasteiger partial charge on any atom is 0.276 e. The van der Waals surface area contributed by atoms with E-state index >= 15 is 0 Å². The smallest absolute Gasteiger partial charge is 0.276 e. The van der Waals surface area contributed by atoms with Gasteiger partial charge in [0.25, 0.3) is 5.91 Å². The van der Waals surface area contributed by atoms with Crippen molar-refractivity contribution in [3.8, 4) is 0 Å². The fraction of sp³-hybridized carbons (Fsp3) is 0.133. The molecule has 0 saturated heterocycles. The number of nitrogens with zero attached hydrogens (tertiary/aromatic N) is 3. The SMILES string of the molecule is CCN(C(=O)c1ccc2[nH]cnc2n1)c1ccc(Cl)cc1. The first-order valence-corrected chi connectivity index (χ1v) is 6.94. The number of hydrogen-bond donors (Lipinski definition) is 1. The van der Waals surface area contributed by atoms with E-state index in [-0.39, 0.29) is 5.91 Å². The lowest BCUT2D eigenvalue weighted by molar-refractivity contribution is 0.0984. The van der Waals surface area contributed by atoms with E-state index in [1.807, 2.05) is 19.1 Å². The number of imidazole rings is 1. The topological polar surface area (TPSA) is 61.9 Å². The number of pyridine rings is 1. The van der Waals surface area contributed by atoms with Gasteiger partial charge >= 0.3 is 0 Å². The summed E-state index contributed by atoms with van der Waals surface area (Å²) in [6.07, 6.45) is 1.56. The molecule has 6 heteroatoms. The quantitative estimate of drug-likeness (QED) is 0.807. The number of amides is 1. The monoisotopic (exact) mass is 300 g/mol. The molecule has 0 fully saturated rings. The predicted molar refractivity (Wildman–Crippen MR) is 82.7 cm³/mol. The number of carbonyl (C=O) groups is 1. The maximum atomic E-state index is 12.6. The Labute approximate surface area is 126 Å². The molecule has 3 rings (SSSR count). The number of carbonyl (C=O) groups excluding carboxylic acids is 1. The van der Waals surface area contributed by atoms with Crippen LogP contribution in [-0.4, -0.2) is 27.4 Å². The van der Waals surface area contributed by atoms with Crippen molar-refractivity contribution in [3.63, 3.8) is 0 Å². The third-order valence-corrected chi connectivity index (χ3v) is 3.45. The van der Waals surface area contributed by atoms with E-state index in [0.29, 0.717) is 22.9 Å². The highest BCUT2D eigenvalue weighted by Gasteiger charge is 2.18. The number of aromatic nitrogens is 3. The van der Waals surface area contributed by atoms with Crippen LogP contribution in [-0.2, 0) is 0 Å². The number of anilines is 1. The molecule has 0 unspecified atom stereocenters. The van der Waals surface area contributed by atoms with Crippen LogP contribution in [0.3, 0.4) is 0 Å². The Morgan fingerprint density at radius 1 is 1.24 bits per heavy atom. The molecule has 0 radical (unpaired) electrons. The molecule has 0 aliphatic rings. The highest BCUT2D eigenvalue weighted by Crippen LogP contribution is 2.20. The number of halogens is 1. The Kier molecular flexibility index (Phi) is 3.58. The minimum absolute atomic E-state index is 0.162. The summed E-state index contributed by atoms with van der Waals surface area (Å²) < 4.78 is 0. The fourth-order valence-corrected chi connectivity index (χ4v) is 2.27. The lowest BCUT2D eigenvalue weighted by Gasteiger charge is -2.20. The molecule has 1 aromatic carbocycles. The van der Waals surface area contributed by atoms with E-state index in [9.17, 15) is 4.79 Å². The summed E-state index contributed by atoms with van der Waals surface area (Å²) in [4.78, 5) is 25.6. The maximum absolute atomic E-state index is 12.6. The van der Waals surface area contributed by atoms with Crippen molar-refractivity contribution in [2.75, 3.05) is 11.4 Å².